The van der Waals surface area contributed by atoms with E-state index < -0.39 is 6.10 Å². The van der Waals surface area contributed by atoms with Gasteiger partial charge in [0.1, 0.15) is 5.75 Å². The van der Waals surface area contributed by atoms with Crippen LogP contribution in [0.1, 0.15) is 13.3 Å². The topological polar surface area (TPSA) is 65.6 Å². The molecule has 0 saturated heterocycles. The molecule has 1 aromatic rings. The molecule has 1 aromatic carbocycles. The lowest BCUT2D eigenvalue weighted by Crippen LogP contribution is -2.34. The summed E-state index contributed by atoms with van der Waals surface area (Å²) < 4.78 is 5.51. The summed E-state index contributed by atoms with van der Waals surface area (Å²) in [5, 5.41) is 9.64. The number of amides is 1. The number of benzene rings is 1. The summed E-state index contributed by atoms with van der Waals surface area (Å²) >= 11 is 5.26. The third kappa shape index (κ3) is 4.57. The van der Waals surface area contributed by atoms with Gasteiger partial charge < -0.3 is 25.6 Å². The summed E-state index contributed by atoms with van der Waals surface area (Å²) in [6, 6.07) is 5.51. The van der Waals surface area contributed by atoms with Crippen molar-refractivity contribution < 1.29 is 9.53 Å². The first-order valence-corrected chi connectivity index (χ1v) is 7.67. The van der Waals surface area contributed by atoms with Gasteiger partial charge in [0.15, 0.2) is 11.2 Å². The molecule has 0 saturated carbocycles. The van der Waals surface area contributed by atoms with Crippen molar-refractivity contribution in [2.24, 2.45) is 0 Å². The SMILES string of the molecule is C[C@@H]1Oc2ccc(NC(=S)NCCCN(C)C)cc2NC1=O. The van der Waals surface area contributed by atoms with Crippen LogP contribution < -0.4 is 20.7 Å². The first-order valence-electron chi connectivity index (χ1n) is 7.27. The van der Waals surface area contributed by atoms with E-state index in [9.17, 15) is 4.79 Å². The number of thiocarbonyl (C=S) groups is 1. The van der Waals surface area contributed by atoms with Gasteiger partial charge in [-0.3, -0.25) is 4.79 Å². The summed E-state index contributed by atoms with van der Waals surface area (Å²) in [5.74, 6) is 0.525. The maximum Gasteiger partial charge on any atom is 0.265 e. The Bertz CT molecular complexity index is 562. The van der Waals surface area contributed by atoms with Crippen LogP contribution in [0.2, 0.25) is 0 Å². The van der Waals surface area contributed by atoms with Crippen LogP contribution in [0, 0.1) is 0 Å². The number of rotatable bonds is 5. The molecule has 3 N–H and O–H groups in total. The molecule has 0 aliphatic carbocycles. The maximum atomic E-state index is 11.6. The molecule has 1 atom stereocenters. The Morgan fingerprint density at radius 3 is 2.95 bits per heavy atom. The number of anilines is 2. The Kier molecular flexibility index (Phi) is 5.57. The molecule has 6 nitrogen and oxygen atoms in total. The van der Waals surface area contributed by atoms with Gasteiger partial charge in [-0.1, -0.05) is 0 Å². The fourth-order valence-corrected chi connectivity index (χ4v) is 2.28. The third-order valence-corrected chi connectivity index (χ3v) is 3.48. The first-order chi connectivity index (χ1) is 10.5. The first kappa shape index (κ1) is 16.5. The molecule has 0 spiro atoms. The van der Waals surface area contributed by atoms with Gasteiger partial charge in [-0.2, -0.15) is 0 Å². The molecule has 7 heteroatoms. The van der Waals surface area contributed by atoms with Crippen LogP contribution in [0.4, 0.5) is 11.4 Å². The number of ether oxygens (including phenoxy) is 1. The van der Waals surface area contributed by atoms with E-state index in [1.807, 2.05) is 32.3 Å². The van der Waals surface area contributed by atoms with Crippen LogP contribution in [0.15, 0.2) is 18.2 Å². The maximum absolute atomic E-state index is 11.6. The second-order valence-electron chi connectivity index (χ2n) is 5.50. The lowest BCUT2D eigenvalue weighted by atomic mass is 10.2. The molecule has 0 aromatic heterocycles. The summed E-state index contributed by atoms with van der Waals surface area (Å²) in [7, 11) is 4.09. The van der Waals surface area contributed by atoms with E-state index in [-0.39, 0.29) is 5.91 Å². The van der Waals surface area contributed by atoms with Gasteiger partial charge in [0.05, 0.1) is 5.69 Å². The number of carbonyl (C=O) groups excluding carboxylic acids is 1. The molecular formula is C15H22N4O2S. The lowest BCUT2D eigenvalue weighted by molar-refractivity contribution is -0.122. The molecule has 0 unspecified atom stereocenters. The van der Waals surface area contributed by atoms with Gasteiger partial charge in [0.25, 0.3) is 5.91 Å². The van der Waals surface area contributed by atoms with Crippen LogP contribution in [0.3, 0.4) is 0 Å². The van der Waals surface area contributed by atoms with Crippen LogP contribution >= 0.6 is 12.2 Å². The number of nitrogens with zero attached hydrogens (tertiary/aromatic N) is 1. The Morgan fingerprint density at radius 2 is 2.23 bits per heavy atom. The van der Waals surface area contributed by atoms with E-state index in [1.54, 1.807) is 6.92 Å². The summed E-state index contributed by atoms with van der Waals surface area (Å²) in [6.45, 7) is 3.54. The Balaban J connectivity index is 1.87. The number of carbonyl (C=O) groups is 1. The van der Waals surface area contributed by atoms with Gasteiger partial charge in [-0.25, -0.2) is 0 Å². The van der Waals surface area contributed by atoms with E-state index in [4.69, 9.17) is 17.0 Å². The third-order valence-electron chi connectivity index (χ3n) is 3.24. The molecule has 1 amide bonds. The summed E-state index contributed by atoms with van der Waals surface area (Å²) in [4.78, 5) is 13.8. The number of fused-ring (bicyclic) bond motifs is 1. The van der Waals surface area contributed by atoms with Gasteiger partial charge in [0.2, 0.25) is 0 Å². The van der Waals surface area contributed by atoms with E-state index in [1.165, 1.54) is 0 Å². The fraction of sp³-hybridized carbons (Fsp3) is 0.467. The molecule has 1 heterocycles. The van der Waals surface area contributed by atoms with Gasteiger partial charge in [0, 0.05) is 12.2 Å². The van der Waals surface area contributed by atoms with Crippen molar-refractivity contribution in [3.63, 3.8) is 0 Å². The van der Waals surface area contributed by atoms with Crippen molar-refractivity contribution in [2.75, 3.05) is 37.8 Å². The monoisotopic (exact) mass is 322 g/mol. The smallest absolute Gasteiger partial charge is 0.265 e. The average molecular weight is 322 g/mol. The molecule has 0 fully saturated rings. The predicted molar refractivity (Wildman–Crippen MR) is 92.6 cm³/mol. The van der Waals surface area contributed by atoms with Crippen LogP contribution in [-0.2, 0) is 4.79 Å². The van der Waals surface area contributed by atoms with E-state index in [2.05, 4.69) is 20.9 Å². The van der Waals surface area contributed by atoms with Crippen molar-refractivity contribution >= 4 is 34.6 Å². The summed E-state index contributed by atoms with van der Waals surface area (Å²) in [6.07, 6.45) is 0.548. The van der Waals surface area contributed by atoms with E-state index in [0.717, 1.165) is 25.2 Å². The molecule has 22 heavy (non-hydrogen) atoms. The van der Waals surface area contributed by atoms with Crippen molar-refractivity contribution in [2.45, 2.75) is 19.4 Å². The minimum atomic E-state index is -0.467. The lowest BCUT2D eigenvalue weighted by Gasteiger charge is -2.24. The molecule has 1 aliphatic heterocycles. The highest BCUT2D eigenvalue weighted by Gasteiger charge is 2.23. The Hall–Kier alpha value is -1.86. The molecule has 1 aliphatic rings. The second-order valence-corrected chi connectivity index (χ2v) is 5.91. The molecule has 0 radical (unpaired) electrons. The Morgan fingerprint density at radius 1 is 1.45 bits per heavy atom. The zero-order valence-electron chi connectivity index (χ0n) is 13.1. The fourth-order valence-electron chi connectivity index (χ4n) is 2.06. The van der Waals surface area contributed by atoms with Crippen LogP contribution in [0.5, 0.6) is 5.75 Å². The van der Waals surface area contributed by atoms with Gasteiger partial charge >= 0.3 is 0 Å². The van der Waals surface area contributed by atoms with Gasteiger partial charge in [-0.05, 0) is 64.4 Å². The molecule has 120 valence electrons. The number of nitrogens with one attached hydrogen (secondary N) is 3. The number of hydrogen-bond acceptors (Lipinski definition) is 4. The normalized spacial score (nSPS) is 16.5. The minimum Gasteiger partial charge on any atom is -0.479 e. The standard InChI is InChI=1S/C15H22N4O2S/c1-10-14(20)18-12-9-11(5-6-13(12)21-10)17-15(22)16-7-4-8-19(2)3/h5-6,9-10H,4,7-8H2,1-3H3,(H,18,20)(H2,16,17,22)/t10-/m0/s1. The predicted octanol–water partition coefficient (Wildman–Crippen LogP) is 1.64. The van der Waals surface area contributed by atoms with Crippen molar-refractivity contribution in [3.8, 4) is 5.75 Å². The molecular weight excluding hydrogens is 300 g/mol. The zero-order valence-corrected chi connectivity index (χ0v) is 13.9. The molecule has 0 bridgehead atoms. The highest BCUT2D eigenvalue weighted by molar-refractivity contribution is 7.80. The second kappa shape index (κ2) is 7.42. The Labute approximate surface area is 136 Å². The van der Waals surface area contributed by atoms with E-state index >= 15 is 0 Å². The average Bonchev–Trinajstić information content (AvgIpc) is 2.45. The van der Waals surface area contributed by atoms with Crippen molar-refractivity contribution in [3.05, 3.63) is 18.2 Å². The van der Waals surface area contributed by atoms with Crippen LogP contribution in [-0.4, -0.2) is 49.2 Å². The largest absolute Gasteiger partial charge is 0.479 e. The quantitative estimate of drug-likeness (QED) is 0.566. The van der Waals surface area contributed by atoms with Crippen molar-refractivity contribution in [1.29, 1.82) is 0 Å². The van der Waals surface area contributed by atoms with Crippen molar-refractivity contribution in [1.82, 2.24) is 10.2 Å². The zero-order chi connectivity index (χ0) is 16.1. The highest BCUT2D eigenvalue weighted by atomic mass is 32.1. The summed E-state index contributed by atoms with van der Waals surface area (Å²) in [5.41, 5.74) is 1.46. The molecule has 2 rings (SSSR count). The van der Waals surface area contributed by atoms with Crippen LogP contribution in [0.25, 0.3) is 0 Å². The number of hydrogen-bond donors (Lipinski definition) is 3. The van der Waals surface area contributed by atoms with E-state index in [0.29, 0.717) is 16.5 Å². The van der Waals surface area contributed by atoms with Gasteiger partial charge in [-0.15, -0.1) is 0 Å². The highest BCUT2D eigenvalue weighted by Crippen LogP contribution is 2.32. The minimum absolute atomic E-state index is 0.144.